The smallest absolute Gasteiger partial charge is 0.262 e. The average Bonchev–Trinajstić information content (AvgIpc) is 3.25. The van der Waals surface area contributed by atoms with Crippen molar-refractivity contribution in [2.24, 2.45) is 0 Å². The molecular weight excluding hydrogens is 390 g/mol. The maximum atomic E-state index is 12.4. The average molecular weight is 413 g/mol. The number of amides is 1. The van der Waals surface area contributed by atoms with Crippen LogP contribution in [0.25, 0.3) is 22.8 Å². The second-order valence-electron chi connectivity index (χ2n) is 7.42. The molecule has 6 heteroatoms. The molecular formula is C25H23N3O3. The summed E-state index contributed by atoms with van der Waals surface area (Å²) in [6.07, 6.45) is 0. The highest BCUT2D eigenvalue weighted by atomic mass is 16.5. The highest BCUT2D eigenvalue weighted by Crippen LogP contribution is 2.30. The first kappa shape index (κ1) is 20.3. The Morgan fingerprint density at radius 2 is 1.81 bits per heavy atom. The lowest BCUT2D eigenvalue weighted by Crippen LogP contribution is -2.20. The van der Waals surface area contributed by atoms with Crippen molar-refractivity contribution >= 4 is 11.6 Å². The molecule has 156 valence electrons. The Balaban J connectivity index is 1.48. The zero-order valence-corrected chi connectivity index (χ0v) is 17.7. The standard InChI is InChI=1S/C25H23N3O3/c1-16-7-6-8-19(13-16)24-27-25(31-28-24)21-9-4-5-10-22(21)30-15-23(29)26-20-12-11-17(2)18(3)14-20/h4-14H,15H2,1-3H3,(H,26,29). The van der Waals surface area contributed by atoms with Crippen LogP contribution in [0.1, 0.15) is 16.7 Å². The van der Waals surface area contributed by atoms with Crippen molar-refractivity contribution in [1.29, 1.82) is 0 Å². The second-order valence-corrected chi connectivity index (χ2v) is 7.42. The maximum absolute atomic E-state index is 12.4. The van der Waals surface area contributed by atoms with Gasteiger partial charge < -0.3 is 14.6 Å². The summed E-state index contributed by atoms with van der Waals surface area (Å²) in [5.74, 6) is 1.09. The fourth-order valence-electron chi connectivity index (χ4n) is 3.16. The topological polar surface area (TPSA) is 77.2 Å². The van der Waals surface area contributed by atoms with Crippen molar-refractivity contribution in [3.05, 3.63) is 83.4 Å². The molecule has 4 rings (SSSR count). The van der Waals surface area contributed by atoms with Crippen molar-refractivity contribution in [2.45, 2.75) is 20.8 Å². The largest absolute Gasteiger partial charge is 0.483 e. The fourth-order valence-corrected chi connectivity index (χ4v) is 3.16. The van der Waals surface area contributed by atoms with Gasteiger partial charge in [0, 0.05) is 11.3 Å². The van der Waals surface area contributed by atoms with Crippen molar-refractivity contribution in [3.8, 4) is 28.6 Å². The lowest BCUT2D eigenvalue weighted by molar-refractivity contribution is -0.118. The van der Waals surface area contributed by atoms with Crippen LogP contribution in [0.2, 0.25) is 0 Å². The van der Waals surface area contributed by atoms with Gasteiger partial charge in [-0.25, -0.2) is 0 Å². The first-order chi connectivity index (χ1) is 15.0. The summed E-state index contributed by atoms with van der Waals surface area (Å²) in [5, 5.41) is 6.95. The summed E-state index contributed by atoms with van der Waals surface area (Å²) in [6, 6.07) is 21.0. The summed E-state index contributed by atoms with van der Waals surface area (Å²) in [5.41, 5.74) is 5.65. The maximum Gasteiger partial charge on any atom is 0.262 e. The summed E-state index contributed by atoms with van der Waals surface area (Å²) in [6.45, 7) is 5.91. The monoisotopic (exact) mass is 413 g/mol. The number of rotatable bonds is 6. The highest BCUT2D eigenvalue weighted by molar-refractivity contribution is 5.92. The summed E-state index contributed by atoms with van der Waals surface area (Å²) < 4.78 is 11.2. The molecule has 0 bridgehead atoms. The fraction of sp³-hybridized carbons (Fsp3) is 0.160. The van der Waals surface area contributed by atoms with Crippen molar-refractivity contribution < 1.29 is 14.1 Å². The van der Waals surface area contributed by atoms with Gasteiger partial charge in [0.05, 0.1) is 5.56 Å². The number of aryl methyl sites for hydroxylation is 3. The van der Waals surface area contributed by atoms with Crippen LogP contribution in [-0.2, 0) is 4.79 Å². The van der Waals surface area contributed by atoms with E-state index in [1.807, 2.05) is 81.4 Å². The zero-order chi connectivity index (χ0) is 21.8. The van der Waals surface area contributed by atoms with Gasteiger partial charge in [-0.05, 0) is 62.2 Å². The van der Waals surface area contributed by atoms with Crippen LogP contribution < -0.4 is 10.1 Å². The van der Waals surface area contributed by atoms with Crippen molar-refractivity contribution in [3.63, 3.8) is 0 Å². The van der Waals surface area contributed by atoms with Crippen molar-refractivity contribution in [1.82, 2.24) is 10.1 Å². The molecule has 0 aliphatic rings. The molecule has 6 nitrogen and oxygen atoms in total. The number of nitrogens with one attached hydrogen (secondary N) is 1. The number of carbonyl (C=O) groups excluding carboxylic acids is 1. The van der Waals surface area contributed by atoms with E-state index >= 15 is 0 Å². The Hall–Kier alpha value is -3.93. The van der Waals surface area contributed by atoms with Gasteiger partial charge in [-0.2, -0.15) is 4.98 Å². The van der Waals surface area contributed by atoms with Crippen LogP contribution in [-0.4, -0.2) is 22.7 Å². The van der Waals surface area contributed by atoms with E-state index in [9.17, 15) is 4.79 Å². The Bertz CT molecular complexity index is 1230. The van der Waals surface area contributed by atoms with Gasteiger partial charge in [-0.3, -0.25) is 4.79 Å². The third-order valence-corrected chi connectivity index (χ3v) is 4.97. The Morgan fingerprint density at radius 3 is 2.61 bits per heavy atom. The number of ether oxygens (including phenoxy) is 1. The number of carbonyl (C=O) groups is 1. The molecule has 1 heterocycles. The number of aromatic nitrogens is 2. The van der Waals surface area contributed by atoms with Gasteiger partial charge in [-0.15, -0.1) is 0 Å². The van der Waals surface area contributed by atoms with E-state index in [4.69, 9.17) is 9.26 Å². The molecule has 4 aromatic rings. The number of benzene rings is 3. The van der Waals surface area contributed by atoms with Gasteiger partial charge in [-0.1, -0.05) is 47.1 Å². The predicted molar refractivity (Wildman–Crippen MR) is 120 cm³/mol. The molecule has 0 radical (unpaired) electrons. The van der Waals surface area contributed by atoms with Crippen LogP contribution >= 0.6 is 0 Å². The van der Waals surface area contributed by atoms with E-state index in [1.165, 1.54) is 5.56 Å². The second kappa shape index (κ2) is 8.83. The van der Waals surface area contributed by atoms with E-state index in [2.05, 4.69) is 15.5 Å². The lowest BCUT2D eigenvalue weighted by atomic mass is 10.1. The van der Waals surface area contributed by atoms with Crippen LogP contribution in [0.4, 0.5) is 5.69 Å². The molecule has 3 aromatic carbocycles. The van der Waals surface area contributed by atoms with Gasteiger partial charge >= 0.3 is 0 Å². The van der Waals surface area contributed by atoms with E-state index in [1.54, 1.807) is 6.07 Å². The molecule has 0 fully saturated rings. The third-order valence-electron chi connectivity index (χ3n) is 4.97. The molecule has 0 saturated heterocycles. The minimum absolute atomic E-state index is 0.136. The van der Waals surface area contributed by atoms with E-state index in [0.717, 1.165) is 22.4 Å². The van der Waals surface area contributed by atoms with Gasteiger partial charge in [0.25, 0.3) is 11.8 Å². The zero-order valence-electron chi connectivity index (χ0n) is 17.7. The first-order valence-corrected chi connectivity index (χ1v) is 9.99. The Labute approximate surface area is 180 Å². The van der Waals surface area contributed by atoms with Crippen LogP contribution in [0.5, 0.6) is 5.75 Å². The van der Waals surface area contributed by atoms with Crippen LogP contribution in [0, 0.1) is 20.8 Å². The molecule has 0 aliphatic heterocycles. The molecule has 31 heavy (non-hydrogen) atoms. The number of anilines is 1. The molecule has 0 spiro atoms. The predicted octanol–water partition coefficient (Wildman–Crippen LogP) is 5.35. The SMILES string of the molecule is Cc1cccc(-c2noc(-c3ccccc3OCC(=O)Nc3ccc(C)c(C)c3)n2)c1. The minimum Gasteiger partial charge on any atom is -0.483 e. The number of para-hydroxylation sites is 1. The van der Waals surface area contributed by atoms with Gasteiger partial charge in [0.15, 0.2) is 6.61 Å². The van der Waals surface area contributed by atoms with Crippen molar-refractivity contribution in [2.75, 3.05) is 11.9 Å². The van der Waals surface area contributed by atoms with E-state index in [-0.39, 0.29) is 12.5 Å². The Kier molecular flexibility index (Phi) is 5.80. The van der Waals surface area contributed by atoms with Crippen LogP contribution in [0.3, 0.4) is 0 Å². The molecule has 1 aromatic heterocycles. The van der Waals surface area contributed by atoms with E-state index in [0.29, 0.717) is 23.0 Å². The van der Waals surface area contributed by atoms with E-state index < -0.39 is 0 Å². The lowest BCUT2D eigenvalue weighted by Gasteiger charge is -2.10. The first-order valence-electron chi connectivity index (χ1n) is 9.99. The number of hydrogen-bond donors (Lipinski definition) is 1. The summed E-state index contributed by atoms with van der Waals surface area (Å²) in [4.78, 5) is 16.9. The summed E-state index contributed by atoms with van der Waals surface area (Å²) in [7, 11) is 0. The normalized spacial score (nSPS) is 10.7. The molecule has 0 unspecified atom stereocenters. The number of hydrogen-bond acceptors (Lipinski definition) is 5. The third kappa shape index (κ3) is 4.80. The minimum atomic E-state index is -0.246. The molecule has 0 saturated carbocycles. The van der Waals surface area contributed by atoms with Gasteiger partial charge in [0.2, 0.25) is 5.82 Å². The quantitative estimate of drug-likeness (QED) is 0.461. The molecule has 0 atom stereocenters. The number of nitrogens with zero attached hydrogens (tertiary/aromatic N) is 2. The highest BCUT2D eigenvalue weighted by Gasteiger charge is 2.16. The molecule has 1 N–H and O–H groups in total. The molecule has 0 aliphatic carbocycles. The Morgan fingerprint density at radius 1 is 0.968 bits per heavy atom. The molecule has 1 amide bonds. The summed E-state index contributed by atoms with van der Waals surface area (Å²) >= 11 is 0. The van der Waals surface area contributed by atoms with Crippen LogP contribution in [0.15, 0.2) is 71.3 Å². The van der Waals surface area contributed by atoms with Gasteiger partial charge in [0.1, 0.15) is 5.75 Å².